The third kappa shape index (κ3) is 5.53. The summed E-state index contributed by atoms with van der Waals surface area (Å²) in [6.07, 6.45) is 2.06. The first-order chi connectivity index (χ1) is 8.61. The van der Waals surface area contributed by atoms with Gasteiger partial charge in [-0.2, -0.15) is 0 Å². The van der Waals surface area contributed by atoms with Gasteiger partial charge in [0, 0.05) is 0 Å². The monoisotopic (exact) mass is 247 g/mol. The second-order valence-electron chi connectivity index (χ2n) is 4.67. The molecule has 0 radical (unpaired) electrons. The molecule has 3 heteroatoms. The second-order valence-corrected chi connectivity index (χ2v) is 4.67. The first-order valence-electron chi connectivity index (χ1n) is 6.21. The van der Waals surface area contributed by atoms with Crippen LogP contribution in [-0.2, 0) is 11.2 Å². The molecule has 0 bridgehead atoms. The van der Waals surface area contributed by atoms with Crippen LogP contribution in [0.4, 0.5) is 4.79 Å². The summed E-state index contributed by atoms with van der Waals surface area (Å²) in [5.74, 6) is 0.340. The first kappa shape index (κ1) is 14.3. The van der Waals surface area contributed by atoms with E-state index in [0.717, 1.165) is 12.0 Å². The van der Waals surface area contributed by atoms with Crippen molar-refractivity contribution < 1.29 is 9.53 Å². The molecule has 0 fully saturated rings. The van der Waals surface area contributed by atoms with Crippen LogP contribution in [0, 0.1) is 5.92 Å². The van der Waals surface area contributed by atoms with E-state index in [4.69, 9.17) is 4.74 Å². The van der Waals surface area contributed by atoms with Crippen LogP contribution < -0.4 is 5.32 Å². The number of rotatable bonds is 6. The zero-order valence-electron chi connectivity index (χ0n) is 11.1. The lowest BCUT2D eigenvalue weighted by atomic mass is 10.1. The molecule has 1 rings (SSSR count). The minimum absolute atomic E-state index is 0.105. The largest absolute Gasteiger partial charge is 0.449 e. The molecule has 0 heterocycles. The van der Waals surface area contributed by atoms with E-state index in [-0.39, 0.29) is 12.1 Å². The highest BCUT2D eigenvalue weighted by molar-refractivity contribution is 5.67. The van der Waals surface area contributed by atoms with Crippen molar-refractivity contribution in [3.8, 4) is 0 Å². The average molecular weight is 247 g/mol. The zero-order chi connectivity index (χ0) is 13.4. The van der Waals surface area contributed by atoms with Gasteiger partial charge in [0.1, 0.15) is 0 Å². The van der Waals surface area contributed by atoms with Gasteiger partial charge in [-0.3, -0.25) is 0 Å². The Balaban J connectivity index is 2.42. The predicted molar refractivity (Wildman–Crippen MR) is 73.5 cm³/mol. The molecular formula is C15H21NO2. The fourth-order valence-electron chi connectivity index (χ4n) is 1.50. The number of alkyl carbamates (subject to hydrolysis) is 1. The molecule has 0 unspecified atom stereocenters. The number of nitrogens with one attached hydrogen (secondary N) is 1. The summed E-state index contributed by atoms with van der Waals surface area (Å²) >= 11 is 0. The summed E-state index contributed by atoms with van der Waals surface area (Å²) in [6, 6.07) is 9.87. The molecule has 0 aromatic heterocycles. The standard InChI is InChI=1S/C15H21NO2/c1-4-14(10-13-8-6-5-7-9-13)16-15(17)18-11-12(2)3/h4-9,12,14H,1,10-11H2,2-3H3,(H,16,17)/t14-/m1/s1. The zero-order valence-corrected chi connectivity index (χ0v) is 11.1. The Kier molecular flexibility index (Phi) is 5.98. The van der Waals surface area contributed by atoms with Gasteiger partial charge >= 0.3 is 6.09 Å². The quantitative estimate of drug-likeness (QED) is 0.784. The Labute approximate surface area is 109 Å². The summed E-state index contributed by atoms with van der Waals surface area (Å²) in [4.78, 5) is 11.5. The Hall–Kier alpha value is -1.77. The van der Waals surface area contributed by atoms with Gasteiger partial charge in [0.25, 0.3) is 0 Å². The lowest BCUT2D eigenvalue weighted by molar-refractivity contribution is 0.131. The van der Waals surface area contributed by atoms with Gasteiger partial charge in [0.15, 0.2) is 0 Å². The molecule has 0 aliphatic heterocycles. The minimum atomic E-state index is -0.385. The number of benzene rings is 1. The van der Waals surface area contributed by atoms with Crippen molar-refractivity contribution in [1.82, 2.24) is 5.32 Å². The summed E-state index contributed by atoms with van der Waals surface area (Å²) < 4.78 is 5.08. The lowest BCUT2D eigenvalue weighted by Gasteiger charge is -2.15. The van der Waals surface area contributed by atoms with Crippen molar-refractivity contribution in [3.63, 3.8) is 0 Å². The van der Waals surface area contributed by atoms with Gasteiger partial charge in [-0.1, -0.05) is 50.3 Å². The Bertz CT molecular complexity index is 373. The van der Waals surface area contributed by atoms with Gasteiger partial charge < -0.3 is 10.1 Å². The smallest absolute Gasteiger partial charge is 0.407 e. The van der Waals surface area contributed by atoms with Crippen molar-refractivity contribution in [1.29, 1.82) is 0 Å². The number of carbonyl (C=O) groups is 1. The van der Waals surface area contributed by atoms with E-state index in [1.807, 2.05) is 44.2 Å². The maximum Gasteiger partial charge on any atom is 0.407 e. The van der Waals surface area contributed by atoms with Crippen LogP contribution >= 0.6 is 0 Å². The van der Waals surface area contributed by atoms with Crippen molar-refractivity contribution in [2.75, 3.05) is 6.61 Å². The van der Waals surface area contributed by atoms with Crippen LogP contribution in [0.5, 0.6) is 0 Å². The molecular weight excluding hydrogens is 226 g/mol. The third-order valence-electron chi connectivity index (χ3n) is 2.43. The van der Waals surface area contributed by atoms with Crippen LogP contribution in [0.2, 0.25) is 0 Å². The number of hydrogen-bond donors (Lipinski definition) is 1. The normalized spacial score (nSPS) is 11.9. The van der Waals surface area contributed by atoms with E-state index < -0.39 is 0 Å². The topological polar surface area (TPSA) is 38.3 Å². The maximum atomic E-state index is 11.5. The Morgan fingerprint density at radius 1 is 1.39 bits per heavy atom. The molecule has 1 amide bonds. The summed E-state index contributed by atoms with van der Waals surface area (Å²) in [5.41, 5.74) is 1.16. The first-order valence-corrected chi connectivity index (χ1v) is 6.21. The van der Waals surface area contributed by atoms with E-state index in [9.17, 15) is 4.79 Å². The van der Waals surface area contributed by atoms with Crippen molar-refractivity contribution >= 4 is 6.09 Å². The van der Waals surface area contributed by atoms with Crippen molar-refractivity contribution in [2.24, 2.45) is 5.92 Å². The third-order valence-corrected chi connectivity index (χ3v) is 2.43. The summed E-state index contributed by atoms with van der Waals surface area (Å²) in [7, 11) is 0. The van der Waals surface area contributed by atoms with Crippen LogP contribution in [-0.4, -0.2) is 18.7 Å². The maximum absolute atomic E-state index is 11.5. The lowest BCUT2D eigenvalue weighted by Crippen LogP contribution is -2.35. The van der Waals surface area contributed by atoms with Crippen molar-refractivity contribution in [3.05, 3.63) is 48.6 Å². The molecule has 98 valence electrons. The number of ether oxygens (including phenoxy) is 1. The molecule has 0 spiro atoms. The van der Waals surface area contributed by atoms with Crippen LogP contribution in [0.15, 0.2) is 43.0 Å². The molecule has 1 aromatic rings. The van der Waals surface area contributed by atoms with Gasteiger partial charge in [-0.15, -0.1) is 6.58 Å². The molecule has 0 aliphatic carbocycles. The highest BCUT2D eigenvalue weighted by Gasteiger charge is 2.10. The van der Waals surface area contributed by atoms with E-state index in [2.05, 4.69) is 11.9 Å². The summed E-state index contributed by atoms with van der Waals surface area (Å²) in [6.45, 7) is 8.17. The highest BCUT2D eigenvalue weighted by atomic mass is 16.5. The molecule has 1 N–H and O–H groups in total. The molecule has 1 aromatic carbocycles. The van der Waals surface area contributed by atoms with Crippen LogP contribution in [0.3, 0.4) is 0 Å². The summed E-state index contributed by atoms with van der Waals surface area (Å²) in [5, 5.41) is 2.79. The van der Waals surface area contributed by atoms with Gasteiger partial charge in [-0.25, -0.2) is 4.79 Å². The van der Waals surface area contributed by atoms with E-state index in [1.54, 1.807) is 6.08 Å². The van der Waals surface area contributed by atoms with Gasteiger partial charge in [0.05, 0.1) is 12.6 Å². The van der Waals surface area contributed by atoms with E-state index in [0.29, 0.717) is 12.5 Å². The fourth-order valence-corrected chi connectivity index (χ4v) is 1.50. The number of carbonyl (C=O) groups excluding carboxylic acids is 1. The molecule has 3 nitrogen and oxygen atoms in total. The molecule has 0 aliphatic rings. The second kappa shape index (κ2) is 7.54. The molecule has 18 heavy (non-hydrogen) atoms. The van der Waals surface area contributed by atoms with Gasteiger partial charge in [0.2, 0.25) is 0 Å². The SMILES string of the molecule is C=C[C@H](Cc1ccccc1)NC(=O)OCC(C)C. The molecule has 1 atom stereocenters. The average Bonchev–Trinajstić information content (AvgIpc) is 2.37. The van der Waals surface area contributed by atoms with Crippen molar-refractivity contribution in [2.45, 2.75) is 26.3 Å². The van der Waals surface area contributed by atoms with E-state index in [1.165, 1.54) is 0 Å². The Morgan fingerprint density at radius 3 is 2.61 bits per heavy atom. The minimum Gasteiger partial charge on any atom is -0.449 e. The number of hydrogen-bond acceptors (Lipinski definition) is 2. The number of amides is 1. The van der Waals surface area contributed by atoms with Crippen LogP contribution in [0.1, 0.15) is 19.4 Å². The molecule has 0 saturated heterocycles. The van der Waals surface area contributed by atoms with Crippen LogP contribution in [0.25, 0.3) is 0 Å². The predicted octanol–water partition coefficient (Wildman–Crippen LogP) is 3.17. The molecule has 0 saturated carbocycles. The van der Waals surface area contributed by atoms with E-state index >= 15 is 0 Å². The van der Waals surface area contributed by atoms with Gasteiger partial charge in [-0.05, 0) is 17.9 Å². The fraction of sp³-hybridized carbons (Fsp3) is 0.400. The highest BCUT2D eigenvalue weighted by Crippen LogP contribution is 2.04. The Morgan fingerprint density at radius 2 is 2.06 bits per heavy atom.